The minimum absolute atomic E-state index is 0.0499. The van der Waals surface area contributed by atoms with Crippen molar-refractivity contribution in [1.82, 2.24) is 0 Å². The predicted molar refractivity (Wildman–Crippen MR) is 47.7 cm³/mol. The Morgan fingerprint density at radius 3 is 2.00 bits per heavy atom. The number of alkyl halides is 1. The maximum absolute atomic E-state index is 9.00. The Morgan fingerprint density at radius 1 is 1.18 bits per heavy atom. The first-order valence-electron chi connectivity index (χ1n) is 2.88. The first kappa shape index (κ1) is 8.98. The second-order valence-corrected chi connectivity index (χ2v) is 3.10. The fourth-order valence-electron chi connectivity index (χ4n) is 0.717. The molecule has 0 radical (unpaired) electrons. The number of benzene rings is 1. The number of phenols is 1. The molecule has 1 rings (SSSR count). The van der Waals surface area contributed by atoms with Gasteiger partial charge in [-0.15, -0.1) is 11.6 Å². The third-order valence-electron chi connectivity index (χ3n) is 1.26. The van der Waals surface area contributed by atoms with Crippen LogP contribution < -0.4 is 0 Å². The molecule has 0 aliphatic rings. The van der Waals surface area contributed by atoms with Gasteiger partial charge in [-0.3, -0.25) is 0 Å². The molecule has 0 saturated heterocycles. The lowest BCUT2D eigenvalue weighted by Crippen LogP contribution is -1.81. The lowest BCUT2D eigenvalue weighted by atomic mass is 10.2. The van der Waals surface area contributed by atoms with E-state index in [1.807, 2.05) is 0 Å². The summed E-state index contributed by atoms with van der Waals surface area (Å²) in [6.07, 6.45) is 0. The summed E-state index contributed by atoms with van der Waals surface area (Å²) in [5.41, 5.74) is 0.646. The number of rotatable bonds is 1. The van der Waals surface area contributed by atoms with E-state index in [0.717, 1.165) is 0 Å². The van der Waals surface area contributed by atoms with Gasteiger partial charge in [0, 0.05) is 5.56 Å². The van der Waals surface area contributed by atoms with Gasteiger partial charge < -0.3 is 5.11 Å². The molecule has 0 saturated carbocycles. The molecule has 0 spiro atoms. The molecule has 1 aromatic carbocycles. The van der Waals surface area contributed by atoms with Crippen LogP contribution in [-0.2, 0) is 5.88 Å². The summed E-state index contributed by atoms with van der Waals surface area (Å²) >= 11 is 17.0. The monoisotopic (exact) mass is 210 g/mol. The summed E-state index contributed by atoms with van der Waals surface area (Å²) in [7, 11) is 0. The maximum atomic E-state index is 9.00. The van der Waals surface area contributed by atoms with E-state index in [0.29, 0.717) is 15.6 Å². The molecule has 60 valence electrons. The van der Waals surface area contributed by atoms with Gasteiger partial charge in [0.25, 0.3) is 0 Å². The fraction of sp³-hybridized carbons (Fsp3) is 0.143. The fourth-order valence-corrected chi connectivity index (χ4v) is 1.75. The average molecular weight is 211 g/mol. The molecule has 0 aromatic heterocycles. The molecule has 4 heteroatoms. The molecule has 0 fully saturated rings. The molecule has 0 amide bonds. The average Bonchev–Trinajstić information content (AvgIpc) is 1.85. The number of halogens is 3. The van der Waals surface area contributed by atoms with Gasteiger partial charge >= 0.3 is 0 Å². The van der Waals surface area contributed by atoms with Crippen LogP contribution in [0.15, 0.2) is 12.1 Å². The molecule has 0 aliphatic heterocycles. The quantitative estimate of drug-likeness (QED) is 0.706. The van der Waals surface area contributed by atoms with E-state index in [1.54, 1.807) is 0 Å². The van der Waals surface area contributed by atoms with Gasteiger partial charge in [0.05, 0.1) is 15.9 Å². The van der Waals surface area contributed by atoms with Crippen molar-refractivity contribution in [2.24, 2.45) is 0 Å². The van der Waals surface area contributed by atoms with Gasteiger partial charge in [0.15, 0.2) is 0 Å². The van der Waals surface area contributed by atoms with Crippen LogP contribution >= 0.6 is 34.8 Å². The lowest BCUT2D eigenvalue weighted by molar-refractivity contribution is 0.475. The van der Waals surface area contributed by atoms with E-state index >= 15 is 0 Å². The normalized spacial score (nSPS) is 10.1. The minimum Gasteiger partial charge on any atom is -0.508 e. The second-order valence-electron chi connectivity index (χ2n) is 2.02. The van der Waals surface area contributed by atoms with E-state index in [4.69, 9.17) is 39.9 Å². The number of aromatic hydroxyl groups is 1. The summed E-state index contributed by atoms with van der Waals surface area (Å²) in [4.78, 5) is 0. The summed E-state index contributed by atoms with van der Waals surface area (Å²) < 4.78 is 0. The SMILES string of the molecule is Oc1cc(Cl)c(CCl)c(Cl)c1. The van der Waals surface area contributed by atoms with Gasteiger partial charge in [-0.1, -0.05) is 23.2 Å². The lowest BCUT2D eigenvalue weighted by Gasteiger charge is -2.02. The molecule has 0 aliphatic carbocycles. The highest BCUT2D eigenvalue weighted by molar-refractivity contribution is 6.37. The zero-order valence-electron chi connectivity index (χ0n) is 5.44. The van der Waals surface area contributed by atoms with Gasteiger partial charge in [0.2, 0.25) is 0 Å². The van der Waals surface area contributed by atoms with Crippen molar-refractivity contribution in [3.63, 3.8) is 0 Å². The number of hydrogen-bond acceptors (Lipinski definition) is 1. The summed E-state index contributed by atoms with van der Waals surface area (Å²) in [6, 6.07) is 2.82. The highest BCUT2D eigenvalue weighted by Gasteiger charge is 2.05. The predicted octanol–water partition coefficient (Wildman–Crippen LogP) is 3.44. The van der Waals surface area contributed by atoms with E-state index in [9.17, 15) is 0 Å². The number of phenolic OH excluding ortho intramolecular Hbond substituents is 1. The number of hydrogen-bond donors (Lipinski definition) is 1. The molecule has 1 aromatic rings. The van der Waals surface area contributed by atoms with Crippen LogP contribution in [0.25, 0.3) is 0 Å². The molecule has 0 bridgehead atoms. The second kappa shape index (κ2) is 3.53. The molecule has 1 nitrogen and oxygen atoms in total. The van der Waals surface area contributed by atoms with Crippen molar-refractivity contribution >= 4 is 34.8 Å². The zero-order chi connectivity index (χ0) is 8.43. The summed E-state index contributed by atoms with van der Waals surface area (Å²) in [5.74, 6) is 0.298. The van der Waals surface area contributed by atoms with Crippen molar-refractivity contribution in [2.45, 2.75) is 5.88 Å². The third-order valence-corrected chi connectivity index (χ3v) is 2.20. The van der Waals surface area contributed by atoms with Crippen molar-refractivity contribution < 1.29 is 5.11 Å². The van der Waals surface area contributed by atoms with Crippen LogP contribution in [-0.4, -0.2) is 5.11 Å². The van der Waals surface area contributed by atoms with Crippen LogP contribution in [0, 0.1) is 0 Å². The van der Waals surface area contributed by atoms with Gasteiger partial charge in [-0.05, 0) is 12.1 Å². The Balaban J connectivity index is 3.25. The highest BCUT2D eigenvalue weighted by atomic mass is 35.5. The maximum Gasteiger partial charge on any atom is 0.118 e. The van der Waals surface area contributed by atoms with Crippen molar-refractivity contribution in [2.75, 3.05) is 0 Å². The molecule has 0 heterocycles. The molecule has 11 heavy (non-hydrogen) atoms. The van der Waals surface area contributed by atoms with Crippen LogP contribution in [0.1, 0.15) is 5.56 Å². The van der Waals surface area contributed by atoms with Gasteiger partial charge in [0.1, 0.15) is 5.75 Å². The Kier molecular flexibility index (Phi) is 2.88. The van der Waals surface area contributed by atoms with Crippen LogP contribution in [0.4, 0.5) is 0 Å². The zero-order valence-corrected chi connectivity index (χ0v) is 7.71. The minimum atomic E-state index is 0.0499. The topological polar surface area (TPSA) is 20.2 Å². The van der Waals surface area contributed by atoms with Crippen molar-refractivity contribution in [3.05, 3.63) is 27.7 Å². The molecule has 0 unspecified atom stereocenters. The molecular formula is C7H5Cl3O. The van der Waals surface area contributed by atoms with E-state index in [1.165, 1.54) is 12.1 Å². The largest absolute Gasteiger partial charge is 0.508 e. The van der Waals surface area contributed by atoms with Crippen molar-refractivity contribution in [1.29, 1.82) is 0 Å². The Labute approximate surface area is 79.5 Å². The Hall–Kier alpha value is -0.110. The highest BCUT2D eigenvalue weighted by Crippen LogP contribution is 2.30. The van der Waals surface area contributed by atoms with Crippen LogP contribution in [0.2, 0.25) is 10.0 Å². The van der Waals surface area contributed by atoms with E-state index in [-0.39, 0.29) is 11.6 Å². The molecule has 1 N–H and O–H groups in total. The molecular weight excluding hydrogens is 206 g/mol. The third kappa shape index (κ3) is 1.92. The van der Waals surface area contributed by atoms with Gasteiger partial charge in [-0.25, -0.2) is 0 Å². The standard InChI is InChI=1S/C7H5Cl3O/c8-3-5-6(9)1-4(11)2-7(5)10/h1-2,11H,3H2. The summed E-state index contributed by atoms with van der Waals surface area (Å²) in [5, 5.41) is 9.79. The Morgan fingerprint density at radius 2 is 1.64 bits per heavy atom. The van der Waals surface area contributed by atoms with Gasteiger partial charge in [-0.2, -0.15) is 0 Å². The first-order chi connectivity index (χ1) is 5.15. The van der Waals surface area contributed by atoms with Crippen LogP contribution in [0.3, 0.4) is 0 Å². The van der Waals surface area contributed by atoms with E-state index < -0.39 is 0 Å². The van der Waals surface area contributed by atoms with E-state index in [2.05, 4.69) is 0 Å². The van der Waals surface area contributed by atoms with Crippen molar-refractivity contribution in [3.8, 4) is 5.75 Å². The first-order valence-corrected chi connectivity index (χ1v) is 4.17. The summed E-state index contributed by atoms with van der Waals surface area (Å²) in [6.45, 7) is 0. The Bertz CT molecular complexity index is 249. The smallest absolute Gasteiger partial charge is 0.118 e. The van der Waals surface area contributed by atoms with Crippen LogP contribution in [0.5, 0.6) is 5.75 Å². The molecule has 0 atom stereocenters.